The van der Waals surface area contributed by atoms with Crippen LogP contribution in [-0.4, -0.2) is 56.1 Å². The van der Waals surface area contributed by atoms with Gasteiger partial charge in [-0.3, -0.25) is 4.79 Å². The minimum atomic E-state index is -2.91. The fraction of sp³-hybridized carbons (Fsp3) is 0.275. The fourth-order valence-corrected chi connectivity index (χ4v) is 11.2. The minimum absolute atomic E-state index is 0.00497. The first-order valence-electron chi connectivity index (χ1n) is 16.2. The third kappa shape index (κ3) is 10.2. The molecule has 0 fully saturated rings. The topological polar surface area (TPSA) is 88.1 Å². The number of carbonyl (C=O) groups is 3. The smallest absolute Gasteiger partial charge is 0.338 e. The van der Waals surface area contributed by atoms with Crippen molar-refractivity contribution in [2.45, 2.75) is 54.8 Å². The number of methoxy groups -OCH3 is 1. The van der Waals surface area contributed by atoms with E-state index in [4.69, 9.17) is 18.6 Å². The van der Waals surface area contributed by atoms with Crippen LogP contribution in [0.3, 0.4) is 0 Å². The van der Waals surface area contributed by atoms with Crippen LogP contribution in [0.25, 0.3) is 0 Å². The number of esters is 3. The lowest BCUT2D eigenvalue weighted by molar-refractivity contribution is -0.139. The van der Waals surface area contributed by atoms with Crippen molar-refractivity contribution in [1.82, 2.24) is 0 Å². The van der Waals surface area contributed by atoms with E-state index in [0.717, 1.165) is 10.4 Å². The number of halogens is 1. The van der Waals surface area contributed by atoms with Gasteiger partial charge in [0.05, 0.1) is 35.2 Å². The van der Waals surface area contributed by atoms with Crippen molar-refractivity contribution in [2.75, 3.05) is 13.7 Å². The number of carbonyl (C=O) groups excluding carboxylic acids is 3. The van der Waals surface area contributed by atoms with E-state index in [1.165, 1.54) is 7.11 Å². The lowest BCUT2D eigenvalue weighted by Gasteiger charge is -2.43. The van der Waals surface area contributed by atoms with E-state index in [-0.39, 0.29) is 28.4 Å². The lowest BCUT2D eigenvalue weighted by atomic mass is 10.1. The first-order valence-corrected chi connectivity index (χ1v) is 19.3. The summed E-state index contributed by atoms with van der Waals surface area (Å²) in [6.07, 6.45) is 1.82. The monoisotopic (exact) mass is 790 g/mol. The highest BCUT2D eigenvalue weighted by Crippen LogP contribution is 2.37. The number of hydrogen-bond donors (Lipinski definition) is 0. The Morgan fingerprint density at radius 1 is 0.714 bits per heavy atom. The Balaban J connectivity index is 1.69. The van der Waals surface area contributed by atoms with Gasteiger partial charge in [-0.1, -0.05) is 146 Å². The highest BCUT2D eigenvalue weighted by atomic mass is 127. The molecule has 4 aromatic carbocycles. The molecule has 3 atom stereocenters. The van der Waals surface area contributed by atoms with Gasteiger partial charge in [-0.25, -0.2) is 9.59 Å². The fourth-order valence-electron chi connectivity index (χ4n) is 5.70. The largest absolute Gasteiger partial charge is 0.469 e. The molecule has 0 aromatic heterocycles. The van der Waals surface area contributed by atoms with Gasteiger partial charge in [0.2, 0.25) is 0 Å². The van der Waals surface area contributed by atoms with Crippen LogP contribution in [0.1, 0.15) is 54.3 Å². The summed E-state index contributed by atoms with van der Waals surface area (Å²) in [5.41, 5.74) is 0.788. The normalized spacial score (nSPS) is 13.7. The van der Waals surface area contributed by atoms with E-state index < -0.39 is 38.4 Å². The van der Waals surface area contributed by atoms with E-state index in [9.17, 15) is 14.4 Å². The zero-order valence-corrected chi connectivity index (χ0v) is 31.4. The summed E-state index contributed by atoms with van der Waals surface area (Å²) in [7, 11) is -1.59. The van der Waals surface area contributed by atoms with Crippen LogP contribution in [0, 0.1) is 0 Å². The SMILES string of the molecule is COC(=O)C/C=C\[C@H](C[C@@H](OC(=O)c1ccccc1)[C@H](I)CO[Si](c1ccccc1)(c1ccccc1)C(C)(C)C)OC(=O)c1ccccc1. The molecule has 9 heteroatoms. The van der Waals surface area contributed by atoms with Crippen molar-refractivity contribution >= 4 is 59.2 Å². The number of hydrogen-bond acceptors (Lipinski definition) is 7. The van der Waals surface area contributed by atoms with Crippen molar-refractivity contribution in [3.05, 3.63) is 145 Å². The van der Waals surface area contributed by atoms with Crippen molar-refractivity contribution < 1.29 is 33.0 Å². The molecule has 4 rings (SSSR count). The van der Waals surface area contributed by atoms with Gasteiger partial charge in [-0.15, -0.1) is 0 Å². The van der Waals surface area contributed by atoms with E-state index in [1.54, 1.807) is 60.7 Å². The second-order valence-electron chi connectivity index (χ2n) is 12.6. The van der Waals surface area contributed by atoms with Gasteiger partial charge in [0.25, 0.3) is 8.32 Å². The van der Waals surface area contributed by atoms with Crippen molar-refractivity contribution in [1.29, 1.82) is 0 Å². The predicted molar refractivity (Wildman–Crippen MR) is 203 cm³/mol. The summed E-state index contributed by atoms with van der Waals surface area (Å²) in [4.78, 5) is 38.6. The van der Waals surface area contributed by atoms with E-state index >= 15 is 0 Å². The van der Waals surface area contributed by atoms with E-state index in [2.05, 4.69) is 67.6 Å². The Morgan fingerprint density at radius 2 is 1.16 bits per heavy atom. The predicted octanol–water partition coefficient (Wildman–Crippen LogP) is 7.33. The van der Waals surface area contributed by atoms with Crippen LogP contribution >= 0.6 is 22.6 Å². The highest BCUT2D eigenvalue weighted by Gasteiger charge is 2.50. The maximum atomic E-state index is 13.5. The molecule has 0 bridgehead atoms. The molecule has 0 amide bonds. The van der Waals surface area contributed by atoms with E-state index in [0.29, 0.717) is 11.1 Å². The Kier molecular flexibility index (Phi) is 13.9. The molecular weight excluding hydrogens is 747 g/mol. The number of alkyl halides is 1. The van der Waals surface area contributed by atoms with Crippen LogP contribution in [0.2, 0.25) is 5.04 Å². The summed E-state index contributed by atoms with van der Waals surface area (Å²) in [6.45, 7) is 6.88. The Hall–Kier alpha value is -4.06. The Labute approximate surface area is 303 Å². The van der Waals surface area contributed by atoms with Gasteiger partial charge >= 0.3 is 17.9 Å². The van der Waals surface area contributed by atoms with Crippen molar-refractivity contribution in [3.63, 3.8) is 0 Å². The molecule has 0 radical (unpaired) electrons. The molecule has 0 spiro atoms. The third-order valence-corrected chi connectivity index (χ3v) is 14.3. The summed E-state index contributed by atoms with van der Waals surface area (Å²) in [6, 6.07) is 38.1. The third-order valence-electron chi connectivity index (χ3n) is 8.14. The number of rotatable bonds is 15. The molecule has 0 saturated heterocycles. The average molecular weight is 791 g/mol. The number of benzene rings is 4. The molecule has 0 aliphatic rings. The van der Waals surface area contributed by atoms with Gasteiger partial charge in [0.1, 0.15) is 12.2 Å². The Bertz CT molecular complexity index is 1620. The maximum Gasteiger partial charge on any atom is 0.338 e. The molecule has 0 heterocycles. The van der Waals surface area contributed by atoms with Crippen LogP contribution in [-0.2, 0) is 23.4 Å². The van der Waals surface area contributed by atoms with E-state index in [1.807, 2.05) is 48.5 Å². The second-order valence-corrected chi connectivity index (χ2v) is 18.5. The highest BCUT2D eigenvalue weighted by molar-refractivity contribution is 14.1. The van der Waals surface area contributed by atoms with Crippen LogP contribution in [0.15, 0.2) is 133 Å². The molecule has 0 aliphatic carbocycles. The van der Waals surface area contributed by atoms with Gasteiger partial charge < -0.3 is 18.6 Å². The first-order chi connectivity index (χ1) is 23.5. The standard InChI is InChI=1S/C40H43IO7Si/c1-40(2,3)49(33-23-13-7-14-24-33,34-25-15-8-16-26-34)46-29-35(41)36(48-39(44)31-20-11-6-12-21-31)28-32(22-17-27-37(42)45-4)47-38(43)30-18-9-5-10-19-30/h5-26,32,35-36H,27-29H2,1-4H3/b22-17-/t32-,35-,36-/m1/s1. The summed E-state index contributed by atoms with van der Waals surface area (Å²) in [5, 5.41) is 2.01. The molecule has 256 valence electrons. The zero-order valence-electron chi connectivity index (χ0n) is 28.3. The van der Waals surface area contributed by atoms with Gasteiger partial charge in [0, 0.05) is 6.42 Å². The molecule has 0 N–H and O–H groups in total. The second kappa shape index (κ2) is 18.1. The summed E-state index contributed by atoms with van der Waals surface area (Å²) >= 11 is 2.28. The number of ether oxygens (including phenoxy) is 3. The maximum absolute atomic E-state index is 13.5. The quantitative estimate of drug-likeness (QED) is 0.0312. The van der Waals surface area contributed by atoms with Crippen molar-refractivity contribution in [2.24, 2.45) is 0 Å². The van der Waals surface area contributed by atoms with Crippen LogP contribution < -0.4 is 10.4 Å². The first kappa shape index (κ1) is 37.8. The molecule has 0 aliphatic heterocycles. The molecule has 7 nitrogen and oxygen atoms in total. The molecule has 0 unspecified atom stereocenters. The zero-order chi connectivity index (χ0) is 35.3. The lowest BCUT2D eigenvalue weighted by Crippen LogP contribution is -2.67. The average Bonchev–Trinajstić information content (AvgIpc) is 3.12. The minimum Gasteiger partial charge on any atom is -0.469 e. The van der Waals surface area contributed by atoms with Crippen molar-refractivity contribution in [3.8, 4) is 0 Å². The summed E-state index contributed by atoms with van der Waals surface area (Å²) in [5.74, 6) is -1.46. The van der Waals surface area contributed by atoms with Crippen LogP contribution in [0.4, 0.5) is 0 Å². The molecule has 0 saturated carbocycles. The summed E-state index contributed by atoms with van der Waals surface area (Å²) < 4.78 is 23.8. The molecule has 49 heavy (non-hydrogen) atoms. The molecule has 4 aromatic rings. The van der Waals surface area contributed by atoms with Gasteiger partial charge in [0.15, 0.2) is 0 Å². The Morgan fingerprint density at radius 3 is 1.61 bits per heavy atom. The van der Waals surface area contributed by atoms with Crippen LogP contribution in [0.5, 0.6) is 0 Å². The van der Waals surface area contributed by atoms with Gasteiger partial charge in [-0.2, -0.15) is 0 Å². The van der Waals surface area contributed by atoms with Gasteiger partial charge in [-0.05, 0) is 45.8 Å². The molecular formula is C40H43IO7Si.